The SMILES string of the molecule is Nc1nc(N)nc(-c2cc(O)ccc2Cl)n1. The molecule has 0 bridgehead atoms. The van der Waals surface area contributed by atoms with Gasteiger partial charge < -0.3 is 16.6 Å². The Morgan fingerprint density at radius 3 is 2.31 bits per heavy atom. The molecule has 0 aliphatic heterocycles. The fraction of sp³-hybridized carbons (Fsp3) is 0. The highest BCUT2D eigenvalue weighted by Crippen LogP contribution is 2.29. The lowest BCUT2D eigenvalue weighted by molar-refractivity contribution is 0.475. The summed E-state index contributed by atoms with van der Waals surface area (Å²) in [5.41, 5.74) is 11.3. The van der Waals surface area contributed by atoms with Gasteiger partial charge >= 0.3 is 0 Å². The highest BCUT2D eigenvalue weighted by molar-refractivity contribution is 6.33. The molecule has 0 amide bonds. The van der Waals surface area contributed by atoms with Gasteiger partial charge in [-0.25, -0.2) is 0 Å². The van der Waals surface area contributed by atoms with Crippen molar-refractivity contribution in [2.45, 2.75) is 0 Å². The molecule has 6 nitrogen and oxygen atoms in total. The van der Waals surface area contributed by atoms with E-state index in [1.807, 2.05) is 0 Å². The van der Waals surface area contributed by atoms with Crippen molar-refractivity contribution in [1.82, 2.24) is 15.0 Å². The summed E-state index contributed by atoms with van der Waals surface area (Å²) in [5.74, 6) is 0.284. The molecule has 0 atom stereocenters. The maximum Gasteiger partial charge on any atom is 0.225 e. The molecule has 5 N–H and O–H groups in total. The van der Waals surface area contributed by atoms with E-state index < -0.39 is 0 Å². The molecular weight excluding hydrogens is 230 g/mol. The largest absolute Gasteiger partial charge is 0.508 e. The third-order valence-electron chi connectivity index (χ3n) is 1.86. The van der Waals surface area contributed by atoms with E-state index in [1.165, 1.54) is 18.2 Å². The first-order valence-corrected chi connectivity index (χ1v) is 4.70. The Kier molecular flexibility index (Phi) is 2.49. The van der Waals surface area contributed by atoms with Crippen molar-refractivity contribution in [3.05, 3.63) is 23.2 Å². The first kappa shape index (κ1) is 10.4. The number of nitrogens with two attached hydrogens (primary N) is 2. The number of hydrogen-bond donors (Lipinski definition) is 3. The zero-order valence-corrected chi connectivity index (χ0v) is 8.81. The van der Waals surface area contributed by atoms with Crippen LogP contribution in [0.3, 0.4) is 0 Å². The van der Waals surface area contributed by atoms with Crippen molar-refractivity contribution in [2.75, 3.05) is 11.5 Å². The number of nitrogens with zero attached hydrogens (tertiary/aromatic N) is 3. The van der Waals surface area contributed by atoms with Gasteiger partial charge in [-0.05, 0) is 18.2 Å². The summed E-state index contributed by atoms with van der Waals surface area (Å²) >= 11 is 5.94. The average molecular weight is 238 g/mol. The predicted octanol–water partition coefficient (Wildman–Crippen LogP) is 1.06. The number of aromatic nitrogens is 3. The molecule has 1 aromatic heterocycles. The molecule has 16 heavy (non-hydrogen) atoms. The number of rotatable bonds is 1. The molecule has 82 valence electrons. The fourth-order valence-electron chi connectivity index (χ4n) is 1.21. The molecule has 0 saturated heterocycles. The zero-order valence-electron chi connectivity index (χ0n) is 8.05. The van der Waals surface area contributed by atoms with Gasteiger partial charge in [0.1, 0.15) is 5.75 Å². The maximum absolute atomic E-state index is 9.35. The summed E-state index contributed by atoms with van der Waals surface area (Å²) in [6, 6.07) is 4.42. The van der Waals surface area contributed by atoms with Crippen molar-refractivity contribution in [3.63, 3.8) is 0 Å². The van der Waals surface area contributed by atoms with Crippen LogP contribution in [-0.4, -0.2) is 20.1 Å². The Balaban J connectivity index is 2.62. The second kappa shape index (κ2) is 3.82. The maximum atomic E-state index is 9.35. The van der Waals surface area contributed by atoms with Crippen LogP contribution < -0.4 is 11.5 Å². The third kappa shape index (κ3) is 1.96. The number of halogens is 1. The molecule has 2 rings (SSSR count). The highest BCUT2D eigenvalue weighted by Gasteiger charge is 2.09. The molecule has 0 spiro atoms. The van der Waals surface area contributed by atoms with Gasteiger partial charge in [0.05, 0.1) is 5.02 Å². The molecule has 0 aliphatic rings. The monoisotopic (exact) mass is 237 g/mol. The topological polar surface area (TPSA) is 111 Å². The van der Waals surface area contributed by atoms with Gasteiger partial charge in [-0.3, -0.25) is 0 Å². The van der Waals surface area contributed by atoms with E-state index in [0.29, 0.717) is 10.6 Å². The first-order valence-electron chi connectivity index (χ1n) is 4.32. The van der Waals surface area contributed by atoms with Gasteiger partial charge in [-0.15, -0.1) is 0 Å². The van der Waals surface area contributed by atoms with Crippen molar-refractivity contribution in [3.8, 4) is 17.1 Å². The van der Waals surface area contributed by atoms with E-state index in [2.05, 4.69) is 15.0 Å². The minimum Gasteiger partial charge on any atom is -0.508 e. The van der Waals surface area contributed by atoms with Gasteiger partial charge in [0.25, 0.3) is 0 Å². The van der Waals surface area contributed by atoms with Gasteiger partial charge in [0.2, 0.25) is 11.9 Å². The standard InChI is InChI=1S/C9H8ClN5O/c10-6-2-1-4(16)3-5(6)7-13-8(11)15-9(12)14-7/h1-3,16H,(H4,11,12,13,14,15). The average Bonchev–Trinajstić information content (AvgIpc) is 2.20. The Morgan fingerprint density at radius 1 is 1.06 bits per heavy atom. The van der Waals surface area contributed by atoms with Crippen LogP contribution in [-0.2, 0) is 0 Å². The van der Waals surface area contributed by atoms with Crippen LogP contribution in [0, 0.1) is 0 Å². The Morgan fingerprint density at radius 2 is 1.69 bits per heavy atom. The predicted molar refractivity (Wildman–Crippen MR) is 60.8 cm³/mol. The first-order chi connectivity index (χ1) is 7.56. The van der Waals surface area contributed by atoms with Crippen LogP contribution in [0.2, 0.25) is 5.02 Å². The molecule has 1 aromatic carbocycles. The number of hydrogen-bond acceptors (Lipinski definition) is 6. The smallest absolute Gasteiger partial charge is 0.225 e. The Labute approximate surface area is 95.9 Å². The molecule has 0 saturated carbocycles. The van der Waals surface area contributed by atoms with Gasteiger partial charge in [-0.2, -0.15) is 15.0 Å². The zero-order chi connectivity index (χ0) is 11.7. The van der Waals surface area contributed by atoms with E-state index in [4.69, 9.17) is 23.1 Å². The second-order valence-corrected chi connectivity index (χ2v) is 3.45. The van der Waals surface area contributed by atoms with E-state index in [9.17, 15) is 5.11 Å². The lowest BCUT2D eigenvalue weighted by atomic mass is 10.2. The summed E-state index contributed by atoms with van der Waals surface area (Å²) in [6.07, 6.45) is 0. The lowest BCUT2D eigenvalue weighted by Crippen LogP contribution is -2.04. The summed E-state index contributed by atoms with van der Waals surface area (Å²) in [4.78, 5) is 11.4. The number of nitrogen functional groups attached to an aromatic ring is 2. The number of anilines is 2. The van der Waals surface area contributed by atoms with E-state index >= 15 is 0 Å². The van der Waals surface area contributed by atoms with Gasteiger partial charge in [0.15, 0.2) is 5.82 Å². The minimum atomic E-state index is 0.00177. The second-order valence-electron chi connectivity index (χ2n) is 3.04. The molecule has 0 aliphatic carbocycles. The van der Waals surface area contributed by atoms with Crippen LogP contribution in [0.5, 0.6) is 5.75 Å². The van der Waals surface area contributed by atoms with Crippen LogP contribution >= 0.6 is 11.6 Å². The molecule has 1 heterocycles. The van der Waals surface area contributed by atoms with E-state index in [1.54, 1.807) is 0 Å². The Bertz CT molecular complexity index is 525. The van der Waals surface area contributed by atoms with Crippen LogP contribution in [0.15, 0.2) is 18.2 Å². The van der Waals surface area contributed by atoms with E-state index in [0.717, 1.165) is 0 Å². The number of benzene rings is 1. The van der Waals surface area contributed by atoms with Crippen molar-refractivity contribution in [1.29, 1.82) is 0 Å². The molecule has 2 aromatic rings. The number of aromatic hydroxyl groups is 1. The van der Waals surface area contributed by atoms with E-state index in [-0.39, 0.29) is 23.5 Å². The summed E-state index contributed by atoms with van der Waals surface area (Å²) in [7, 11) is 0. The lowest BCUT2D eigenvalue weighted by Gasteiger charge is -2.04. The van der Waals surface area contributed by atoms with Crippen LogP contribution in [0.1, 0.15) is 0 Å². The Hall–Kier alpha value is -2.08. The molecular formula is C9H8ClN5O. The van der Waals surface area contributed by atoms with Crippen LogP contribution in [0.25, 0.3) is 11.4 Å². The van der Waals surface area contributed by atoms with Crippen LogP contribution in [0.4, 0.5) is 11.9 Å². The molecule has 0 radical (unpaired) electrons. The fourth-order valence-corrected chi connectivity index (χ4v) is 1.42. The third-order valence-corrected chi connectivity index (χ3v) is 2.19. The number of phenols is 1. The molecule has 0 unspecified atom stereocenters. The van der Waals surface area contributed by atoms with Crippen molar-refractivity contribution in [2.24, 2.45) is 0 Å². The molecule has 0 fully saturated rings. The van der Waals surface area contributed by atoms with Crippen molar-refractivity contribution < 1.29 is 5.11 Å². The normalized spacial score (nSPS) is 10.3. The summed E-state index contributed by atoms with van der Waals surface area (Å²) < 4.78 is 0. The summed E-state index contributed by atoms with van der Waals surface area (Å²) in [6.45, 7) is 0. The number of phenolic OH excluding ortho intramolecular Hbond substituents is 1. The minimum absolute atomic E-state index is 0.00177. The van der Waals surface area contributed by atoms with Gasteiger partial charge in [-0.1, -0.05) is 11.6 Å². The summed E-state index contributed by atoms with van der Waals surface area (Å²) in [5, 5.41) is 9.74. The van der Waals surface area contributed by atoms with Crippen molar-refractivity contribution >= 4 is 23.5 Å². The quantitative estimate of drug-likeness (QED) is 0.684. The molecule has 7 heteroatoms. The highest BCUT2D eigenvalue weighted by atomic mass is 35.5. The van der Waals surface area contributed by atoms with Gasteiger partial charge in [0, 0.05) is 5.56 Å².